The number of hydrogen-bond donors (Lipinski definition) is 0. The summed E-state index contributed by atoms with van der Waals surface area (Å²) in [5, 5.41) is 0. The van der Waals surface area contributed by atoms with Crippen LogP contribution in [0, 0.1) is 0 Å². The van der Waals surface area contributed by atoms with Gasteiger partial charge in [0.1, 0.15) is 13.2 Å². The molecule has 16 nitrogen and oxygen atoms in total. The van der Waals surface area contributed by atoms with Crippen LogP contribution in [0.1, 0.15) is 55.2 Å². The van der Waals surface area contributed by atoms with Crippen molar-refractivity contribution in [2.75, 3.05) is 76.5 Å². The SMILES string of the molecule is COC(=O)CCOCCOCCOCCSCc1cc(COc2cc3c(cc2OC)C(=O)N2c4ccccc4C[C@H]2C=N3)nc(COc2cc3c(cc2OC)C(=O)N2c4ccccc4C[C@H]2C=N3)c1. The zero-order valence-corrected chi connectivity index (χ0v) is 39.5. The van der Waals surface area contributed by atoms with Gasteiger partial charge in [-0.2, -0.15) is 11.8 Å². The summed E-state index contributed by atoms with van der Waals surface area (Å²) in [6, 6.07) is 26.3. The molecule has 0 N–H and O–H groups in total. The number of methoxy groups -OCH3 is 3. The minimum Gasteiger partial charge on any atom is -0.493 e. The summed E-state index contributed by atoms with van der Waals surface area (Å²) in [6.45, 7) is 2.65. The number of carbonyl (C=O) groups excluding carboxylic acids is 3. The number of aromatic nitrogens is 1. The van der Waals surface area contributed by atoms with Gasteiger partial charge in [-0.05, 0) is 53.1 Å². The van der Waals surface area contributed by atoms with E-state index in [1.165, 1.54) is 7.11 Å². The lowest BCUT2D eigenvalue weighted by molar-refractivity contribution is -0.141. The van der Waals surface area contributed by atoms with Crippen molar-refractivity contribution >= 4 is 64.7 Å². The van der Waals surface area contributed by atoms with Crippen molar-refractivity contribution in [3.63, 3.8) is 0 Å². The monoisotopic (exact) mass is 955 g/mol. The topological polar surface area (TPSA) is 169 Å². The largest absolute Gasteiger partial charge is 0.493 e. The number of benzene rings is 4. The number of para-hydroxylation sites is 2. The Hall–Kier alpha value is -6.79. The van der Waals surface area contributed by atoms with Crippen molar-refractivity contribution in [2.24, 2.45) is 9.98 Å². The first kappa shape index (κ1) is 47.3. The number of hydrogen-bond acceptors (Lipinski definition) is 15. The van der Waals surface area contributed by atoms with Gasteiger partial charge in [-0.1, -0.05) is 36.4 Å². The van der Waals surface area contributed by atoms with E-state index in [4.69, 9.17) is 48.1 Å². The fraction of sp³-hybridized carbons (Fsp3) is 0.346. The Morgan fingerprint density at radius 1 is 0.623 bits per heavy atom. The Kier molecular flexibility index (Phi) is 15.1. The molecule has 17 heteroatoms. The van der Waals surface area contributed by atoms with Gasteiger partial charge in [-0.15, -0.1) is 0 Å². The van der Waals surface area contributed by atoms with Crippen LogP contribution in [0.2, 0.25) is 0 Å². The Morgan fingerprint density at radius 3 is 1.62 bits per heavy atom. The summed E-state index contributed by atoms with van der Waals surface area (Å²) in [6.07, 6.45) is 5.24. The first-order chi connectivity index (χ1) is 33.8. The van der Waals surface area contributed by atoms with Gasteiger partial charge in [0.15, 0.2) is 23.0 Å². The molecule has 2 amide bonds. The molecule has 0 bridgehead atoms. The number of carbonyl (C=O) groups is 3. The molecule has 5 heterocycles. The van der Waals surface area contributed by atoms with E-state index in [1.54, 1.807) is 60.0 Å². The Bertz CT molecular complexity index is 2600. The third-order valence-electron chi connectivity index (χ3n) is 12.1. The van der Waals surface area contributed by atoms with Crippen LogP contribution in [0.4, 0.5) is 22.7 Å². The third-order valence-corrected chi connectivity index (χ3v) is 13.1. The lowest BCUT2D eigenvalue weighted by Gasteiger charge is -2.22. The maximum Gasteiger partial charge on any atom is 0.307 e. The molecule has 0 saturated heterocycles. The molecule has 0 aliphatic carbocycles. The van der Waals surface area contributed by atoms with E-state index in [0.717, 1.165) is 33.8 Å². The van der Waals surface area contributed by atoms with Crippen LogP contribution in [0.15, 0.2) is 94.9 Å². The average Bonchev–Trinajstić information content (AvgIpc) is 3.87. The van der Waals surface area contributed by atoms with Crippen LogP contribution < -0.4 is 28.7 Å². The summed E-state index contributed by atoms with van der Waals surface area (Å²) in [5.41, 5.74) is 8.12. The molecule has 358 valence electrons. The van der Waals surface area contributed by atoms with Crippen molar-refractivity contribution in [3.05, 3.63) is 124 Å². The van der Waals surface area contributed by atoms with Gasteiger partial charge in [0.2, 0.25) is 0 Å². The van der Waals surface area contributed by atoms with Crippen LogP contribution in [0.25, 0.3) is 0 Å². The Balaban J connectivity index is 0.876. The number of pyridine rings is 1. The molecule has 0 unspecified atom stereocenters. The van der Waals surface area contributed by atoms with Gasteiger partial charge in [0.25, 0.3) is 11.8 Å². The highest BCUT2D eigenvalue weighted by Crippen LogP contribution is 2.43. The lowest BCUT2D eigenvalue weighted by atomic mass is 10.1. The molecule has 0 saturated carbocycles. The maximum absolute atomic E-state index is 14.0. The molecule has 0 spiro atoms. The number of esters is 1. The third kappa shape index (κ3) is 10.8. The molecule has 1 aromatic heterocycles. The summed E-state index contributed by atoms with van der Waals surface area (Å²) in [5.74, 6) is 2.42. The Morgan fingerprint density at radius 2 is 1.12 bits per heavy atom. The van der Waals surface area contributed by atoms with Gasteiger partial charge < -0.3 is 37.9 Å². The minimum atomic E-state index is -0.308. The number of nitrogens with zero attached hydrogens (tertiary/aromatic N) is 5. The zero-order chi connectivity index (χ0) is 47.7. The summed E-state index contributed by atoms with van der Waals surface area (Å²) in [4.78, 5) is 57.3. The van der Waals surface area contributed by atoms with E-state index in [-0.39, 0.29) is 49.5 Å². The van der Waals surface area contributed by atoms with Gasteiger partial charge in [0.05, 0.1) is 113 Å². The predicted molar refractivity (Wildman–Crippen MR) is 262 cm³/mol. The molecule has 0 fully saturated rings. The second-order valence-electron chi connectivity index (χ2n) is 16.5. The molecule has 4 aliphatic rings. The van der Waals surface area contributed by atoms with Gasteiger partial charge in [-0.25, -0.2) is 0 Å². The first-order valence-corrected chi connectivity index (χ1v) is 23.9. The quantitative estimate of drug-likeness (QED) is 0.0490. The predicted octanol–water partition coefficient (Wildman–Crippen LogP) is 7.68. The number of thioether (sulfide) groups is 1. The fourth-order valence-electron chi connectivity index (χ4n) is 8.74. The number of rotatable bonds is 22. The fourth-order valence-corrected chi connectivity index (χ4v) is 9.52. The highest BCUT2D eigenvalue weighted by atomic mass is 32.2. The maximum atomic E-state index is 14.0. The van der Waals surface area contributed by atoms with E-state index in [0.29, 0.717) is 115 Å². The molecule has 9 rings (SSSR count). The summed E-state index contributed by atoms with van der Waals surface area (Å²) >= 11 is 1.71. The molecule has 0 radical (unpaired) electrons. The normalized spacial score (nSPS) is 16.2. The van der Waals surface area contributed by atoms with E-state index < -0.39 is 0 Å². The second-order valence-corrected chi connectivity index (χ2v) is 17.6. The molecule has 2 atom stereocenters. The van der Waals surface area contributed by atoms with Crippen molar-refractivity contribution in [1.29, 1.82) is 0 Å². The highest BCUT2D eigenvalue weighted by Gasteiger charge is 2.38. The molecule has 4 aromatic carbocycles. The second kappa shape index (κ2) is 22.1. The van der Waals surface area contributed by atoms with Crippen LogP contribution in [-0.2, 0) is 55.6 Å². The van der Waals surface area contributed by atoms with Crippen molar-refractivity contribution in [3.8, 4) is 23.0 Å². The lowest BCUT2D eigenvalue weighted by Crippen LogP contribution is -2.37. The number of ether oxygens (including phenoxy) is 8. The number of fused-ring (bicyclic) bond motifs is 8. The summed E-state index contributed by atoms with van der Waals surface area (Å²) in [7, 11) is 4.44. The number of amides is 2. The molecule has 5 aromatic rings. The molecule has 4 aliphatic heterocycles. The highest BCUT2D eigenvalue weighted by molar-refractivity contribution is 7.98. The first-order valence-electron chi connectivity index (χ1n) is 22.8. The standard InChI is InChI=1S/C52H53N5O11S/c1-61-46-24-40-42(53-28-38-22-34-8-4-6-10-44(34)56(38)51(40)59)26-48(46)67-30-36-20-33(32-69-19-18-66-17-16-65-15-14-64-13-12-50(58)63-3)21-37(55-36)31-68-49-27-43-41(25-47(49)62-2)52(60)57-39(29-54-43)23-35-9-5-7-11-45(35)57/h4-11,20-21,24-29,38-39H,12-19,22-23,30-32H2,1-3H3/t38-,39-/m0/s1. The van der Waals surface area contributed by atoms with Crippen molar-refractivity contribution in [1.82, 2.24) is 4.98 Å². The summed E-state index contributed by atoms with van der Waals surface area (Å²) < 4.78 is 45.8. The average molecular weight is 956 g/mol. The van der Waals surface area contributed by atoms with Gasteiger partial charge >= 0.3 is 5.97 Å². The molecular formula is C52H53N5O11S. The minimum absolute atomic E-state index is 0.0830. The van der Waals surface area contributed by atoms with Crippen LogP contribution in [0.5, 0.6) is 23.0 Å². The van der Waals surface area contributed by atoms with Crippen molar-refractivity contribution in [2.45, 2.75) is 50.3 Å². The number of anilines is 2. The van der Waals surface area contributed by atoms with Crippen LogP contribution >= 0.6 is 11.8 Å². The van der Waals surface area contributed by atoms with Gasteiger partial charge in [0, 0.05) is 60.3 Å². The molecule has 69 heavy (non-hydrogen) atoms. The molecular weight excluding hydrogens is 903 g/mol. The number of aliphatic imine (C=N–C) groups is 2. The van der Waals surface area contributed by atoms with E-state index in [9.17, 15) is 14.4 Å². The van der Waals surface area contributed by atoms with Gasteiger partial charge in [-0.3, -0.25) is 39.2 Å². The zero-order valence-electron chi connectivity index (χ0n) is 38.7. The van der Waals surface area contributed by atoms with Crippen LogP contribution in [0.3, 0.4) is 0 Å². The van der Waals surface area contributed by atoms with E-state index in [2.05, 4.69) is 4.74 Å². The smallest absolute Gasteiger partial charge is 0.307 e. The van der Waals surface area contributed by atoms with E-state index >= 15 is 0 Å². The van der Waals surface area contributed by atoms with Crippen LogP contribution in [-0.4, -0.2) is 114 Å². The van der Waals surface area contributed by atoms with Crippen molar-refractivity contribution < 1.29 is 52.3 Å². The Labute approximate surface area is 404 Å². The van der Waals surface area contributed by atoms with E-state index in [1.807, 2.05) is 73.1 Å².